The second-order valence-corrected chi connectivity index (χ2v) is 7.48. The molecular weight excluding hydrogens is 400 g/mol. The van der Waals surface area contributed by atoms with Crippen LogP contribution < -0.4 is 10.1 Å². The summed E-state index contributed by atoms with van der Waals surface area (Å²) >= 11 is 4.94. The van der Waals surface area contributed by atoms with Crippen molar-refractivity contribution in [2.45, 2.75) is 13.3 Å². The number of thiazole rings is 1. The van der Waals surface area contributed by atoms with Gasteiger partial charge in [0.15, 0.2) is 5.13 Å². The molecule has 6 heteroatoms. The highest BCUT2D eigenvalue weighted by atomic mass is 79.9. The van der Waals surface area contributed by atoms with Crippen LogP contribution in [-0.4, -0.2) is 18.0 Å². The van der Waals surface area contributed by atoms with Crippen molar-refractivity contribution in [1.82, 2.24) is 4.98 Å². The predicted octanol–water partition coefficient (Wildman–Crippen LogP) is 5.07. The smallest absolute Gasteiger partial charge is 0.261 e. The van der Waals surface area contributed by atoms with E-state index in [0.29, 0.717) is 16.4 Å². The molecular formula is C19H17BrN2O2S. The lowest BCUT2D eigenvalue weighted by Gasteiger charge is -2.06. The van der Waals surface area contributed by atoms with Gasteiger partial charge >= 0.3 is 0 Å². The fraction of sp³-hybridized carbons (Fsp3) is 0.158. The van der Waals surface area contributed by atoms with E-state index in [1.807, 2.05) is 31.2 Å². The second-order valence-electron chi connectivity index (χ2n) is 5.49. The van der Waals surface area contributed by atoms with E-state index in [2.05, 4.69) is 38.4 Å². The highest BCUT2D eigenvalue weighted by molar-refractivity contribution is 9.10. The number of anilines is 1. The van der Waals surface area contributed by atoms with Crippen LogP contribution in [0.1, 0.15) is 26.5 Å². The number of aryl methyl sites for hydroxylation is 1. The van der Waals surface area contributed by atoms with Crippen LogP contribution in [0, 0.1) is 6.92 Å². The van der Waals surface area contributed by atoms with Gasteiger partial charge in [0.2, 0.25) is 0 Å². The molecule has 25 heavy (non-hydrogen) atoms. The number of amides is 1. The third kappa shape index (κ3) is 4.27. The van der Waals surface area contributed by atoms with E-state index in [1.165, 1.54) is 16.9 Å². The van der Waals surface area contributed by atoms with Gasteiger partial charge in [0.1, 0.15) is 5.75 Å². The van der Waals surface area contributed by atoms with Crippen molar-refractivity contribution in [3.63, 3.8) is 0 Å². The maximum atomic E-state index is 12.5. The summed E-state index contributed by atoms with van der Waals surface area (Å²) in [5.41, 5.74) is 2.63. The van der Waals surface area contributed by atoms with E-state index < -0.39 is 0 Å². The summed E-state index contributed by atoms with van der Waals surface area (Å²) in [5.74, 6) is 0.324. The number of hydrogen-bond donors (Lipinski definition) is 1. The fourth-order valence-corrected chi connectivity index (χ4v) is 3.69. The summed E-state index contributed by atoms with van der Waals surface area (Å²) in [6.07, 6.45) is 0.793. The molecule has 1 amide bonds. The van der Waals surface area contributed by atoms with E-state index in [9.17, 15) is 4.79 Å². The number of para-hydroxylation sites is 1. The zero-order valence-electron chi connectivity index (χ0n) is 13.9. The third-order valence-corrected chi connectivity index (χ3v) is 5.34. The Morgan fingerprint density at radius 1 is 1.20 bits per heavy atom. The Morgan fingerprint density at radius 3 is 2.64 bits per heavy atom. The third-order valence-electron chi connectivity index (χ3n) is 3.74. The van der Waals surface area contributed by atoms with Gasteiger partial charge in [0.05, 0.1) is 18.4 Å². The number of aromatic nitrogens is 1. The van der Waals surface area contributed by atoms with Crippen molar-refractivity contribution in [3.8, 4) is 5.75 Å². The summed E-state index contributed by atoms with van der Waals surface area (Å²) in [6.45, 7) is 1.96. The number of ether oxygens (including phenoxy) is 1. The predicted molar refractivity (Wildman–Crippen MR) is 105 cm³/mol. The van der Waals surface area contributed by atoms with Crippen molar-refractivity contribution in [2.75, 3.05) is 12.4 Å². The molecule has 0 aliphatic rings. The topological polar surface area (TPSA) is 51.2 Å². The quantitative estimate of drug-likeness (QED) is 0.631. The number of carbonyl (C=O) groups excluding carboxylic acids is 1. The van der Waals surface area contributed by atoms with Crippen LogP contribution in [0.2, 0.25) is 0 Å². The van der Waals surface area contributed by atoms with Gasteiger partial charge in [0.25, 0.3) is 5.91 Å². The average molecular weight is 417 g/mol. The standard InChI is InChI=1S/C19H17BrN2O2S/c1-12-17(11-13-7-9-14(20)10-8-13)25-19(21-12)22-18(23)15-5-3-4-6-16(15)24-2/h3-10H,11H2,1-2H3,(H,21,22,23). The van der Waals surface area contributed by atoms with E-state index in [1.54, 1.807) is 19.2 Å². The molecule has 0 fully saturated rings. The number of rotatable bonds is 5. The van der Waals surface area contributed by atoms with Crippen LogP contribution in [0.15, 0.2) is 53.0 Å². The van der Waals surface area contributed by atoms with Gasteiger partial charge in [-0.25, -0.2) is 4.98 Å². The maximum absolute atomic E-state index is 12.5. The van der Waals surface area contributed by atoms with Crippen LogP contribution in [0.3, 0.4) is 0 Å². The monoisotopic (exact) mass is 416 g/mol. The molecule has 2 aromatic carbocycles. The van der Waals surface area contributed by atoms with Crippen molar-refractivity contribution >= 4 is 38.3 Å². The Hall–Kier alpha value is -2.18. The molecule has 0 saturated heterocycles. The average Bonchev–Trinajstić information content (AvgIpc) is 2.96. The minimum absolute atomic E-state index is 0.221. The van der Waals surface area contributed by atoms with Gasteiger partial charge in [-0.1, -0.05) is 40.2 Å². The van der Waals surface area contributed by atoms with E-state index in [0.717, 1.165) is 21.5 Å². The summed E-state index contributed by atoms with van der Waals surface area (Å²) < 4.78 is 6.30. The molecule has 0 radical (unpaired) electrons. The highest BCUT2D eigenvalue weighted by Crippen LogP contribution is 2.27. The van der Waals surface area contributed by atoms with Gasteiger partial charge in [-0.15, -0.1) is 11.3 Å². The minimum Gasteiger partial charge on any atom is -0.496 e. The molecule has 0 atom stereocenters. The van der Waals surface area contributed by atoms with E-state index >= 15 is 0 Å². The lowest BCUT2D eigenvalue weighted by atomic mass is 10.1. The molecule has 3 aromatic rings. The molecule has 1 N–H and O–H groups in total. The molecule has 4 nitrogen and oxygen atoms in total. The molecule has 128 valence electrons. The zero-order valence-corrected chi connectivity index (χ0v) is 16.3. The van der Waals surface area contributed by atoms with Crippen LogP contribution in [0.5, 0.6) is 5.75 Å². The van der Waals surface area contributed by atoms with Crippen LogP contribution in [-0.2, 0) is 6.42 Å². The van der Waals surface area contributed by atoms with Crippen molar-refractivity contribution in [3.05, 3.63) is 74.7 Å². The van der Waals surface area contributed by atoms with Crippen molar-refractivity contribution < 1.29 is 9.53 Å². The fourth-order valence-electron chi connectivity index (χ4n) is 2.43. The number of halogens is 1. The van der Waals surface area contributed by atoms with Crippen molar-refractivity contribution in [1.29, 1.82) is 0 Å². The summed E-state index contributed by atoms with van der Waals surface area (Å²) in [6, 6.07) is 15.3. The summed E-state index contributed by atoms with van der Waals surface area (Å²) in [4.78, 5) is 18.1. The minimum atomic E-state index is -0.221. The Balaban J connectivity index is 1.76. The van der Waals surface area contributed by atoms with Gasteiger partial charge < -0.3 is 4.74 Å². The molecule has 0 aliphatic heterocycles. The number of nitrogens with one attached hydrogen (secondary N) is 1. The Labute approximate surface area is 159 Å². The molecule has 0 bridgehead atoms. The highest BCUT2D eigenvalue weighted by Gasteiger charge is 2.15. The maximum Gasteiger partial charge on any atom is 0.261 e. The SMILES string of the molecule is COc1ccccc1C(=O)Nc1nc(C)c(Cc2ccc(Br)cc2)s1. The number of hydrogen-bond acceptors (Lipinski definition) is 4. The largest absolute Gasteiger partial charge is 0.496 e. The summed E-state index contributed by atoms with van der Waals surface area (Å²) in [7, 11) is 1.55. The first-order chi connectivity index (χ1) is 12.1. The lowest BCUT2D eigenvalue weighted by molar-refractivity contribution is 0.102. The Morgan fingerprint density at radius 2 is 1.92 bits per heavy atom. The molecule has 1 aromatic heterocycles. The number of nitrogens with zero attached hydrogens (tertiary/aromatic N) is 1. The van der Waals surface area contributed by atoms with Gasteiger partial charge in [-0.2, -0.15) is 0 Å². The summed E-state index contributed by atoms with van der Waals surface area (Å²) in [5, 5.41) is 3.47. The molecule has 0 unspecified atom stereocenters. The number of benzene rings is 2. The van der Waals surface area contributed by atoms with E-state index in [4.69, 9.17) is 4.74 Å². The van der Waals surface area contributed by atoms with Gasteiger partial charge in [0, 0.05) is 15.8 Å². The van der Waals surface area contributed by atoms with Crippen molar-refractivity contribution in [2.24, 2.45) is 0 Å². The molecule has 0 spiro atoms. The van der Waals surface area contributed by atoms with Crippen LogP contribution in [0.25, 0.3) is 0 Å². The van der Waals surface area contributed by atoms with Crippen LogP contribution in [0.4, 0.5) is 5.13 Å². The normalized spacial score (nSPS) is 10.5. The molecule has 0 aliphatic carbocycles. The number of methoxy groups -OCH3 is 1. The first-order valence-corrected chi connectivity index (χ1v) is 9.33. The van der Waals surface area contributed by atoms with Crippen LogP contribution >= 0.6 is 27.3 Å². The van der Waals surface area contributed by atoms with Gasteiger partial charge in [-0.3, -0.25) is 10.1 Å². The Kier molecular flexibility index (Phi) is 5.50. The molecule has 0 saturated carbocycles. The number of carbonyl (C=O) groups is 1. The van der Waals surface area contributed by atoms with E-state index in [-0.39, 0.29) is 5.91 Å². The zero-order chi connectivity index (χ0) is 17.8. The second kappa shape index (κ2) is 7.80. The molecule has 1 heterocycles. The lowest BCUT2D eigenvalue weighted by Crippen LogP contribution is -2.12. The van der Waals surface area contributed by atoms with Gasteiger partial charge in [-0.05, 0) is 36.8 Å². The Bertz CT molecular complexity index is 891. The first-order valence-electron chi connectivity index (χ1n) is 7.72. The first kappa shape index (κ1) is 17.6. The molecule has 3 rings (SSSR count).